The lowest BCUT2D eigenvalue weighted by atomic mass is 10.2. The van der Waals surface area contributed by atoms with Crippen LogP contribution in [0.25, 0.3) is 0 Å². The Labute approximate surface area is 175 Å². The van der Waals surface area contributed by atoms with Gasteiger partial charge in [0.1, 0.15) is 0 Å². The van der Waals surface area contributed by atoms with E-state index in [2.05, 4.69) is 10.0 Å². The van der Waals surface area contributed by atoms with Crippen molar-refractivity contribution in [3.8, 4) is 0 Å². The van der Waals surface area contributed by atoms with Crippen LogP contribution in [0.1, 0.15) is 27.0 Å². The summed E-state index contributed by atoms with van der Waals surface area (Å²) in [5.41, 5.74) is 2.87. The minimum atomic E-state index is -3.82. The molecule has 5 nitrogen and oxygen atoms in total. The number of amides is 1. The molecule has 0 radical (unpaired) electrons. The van der Waals surface area contributed by atoms with Crippen LogP contribution in [-0.4, -0.2) is 14.3 Å². The van der Waals surface area contributed by atoms with E-state index < -0.39 is 10.0 Å². The second-order valence-corrected chi connectivity index (χ2v) is 8.78. The Bertz CT molecular complexity index is 1150. The van der Waals surface area contributed by atoms with Gasteiger partial charge in [0.05, 0.1) is 4.90 Å². The lowest BCUT2D eigenvalue weighted by molar-refractivity contribution is 0.0951. The molecule has 0 aromatic heterocycles. The highest BCUT2D eigenvalue weighted by atomic mass is 35.5. The van der Waals surface area contributed by atoms with Crippen LogP contribution in [0.3, 0.4) is 0 Å². The second kappa shape index (κ2) is 8.68. The van der Waals surface area contributed by atoms with Crippen LogP contribution in [0.5, 0.6) is 0 Å². The van der Waals surface area contributed by atoms with Crippen molar-refractivity contribution in [2.45, 2.75) is 25.3 Å². The maximum absolute atomic E-state index is 12.8. The van der Waals surface area contributed by atoms with Crippen molar-refractivity contribution < 1.29 is 13.2 Å². The molecule has 7 heteroatoms. The Morgan fingerprint density at radius 2 is 1.66 bits per heavy atom. The summed E-state index contributed by atoms with van der Waals surface area (Å²) >= 11 is 6.07. The lowest BCUT2D eigenvalue weighted by Gasteiger charge is -2.13. The Morgan fingerprint density at radius 3 is 2.38 bits per heavy atom. The van der Waals surface area contributed by atoms with Gasteiger partial charge in [-0.3, -0.25) is 9.52 Å². The fourth-order valence-electron chi connectivity index (χ4n) is 2.86. The minimum absolute atomic E-state index is 0.151. The third-order valence-electron chi connectivity index (χ3n) is 4.42. The molecule has 0 fully saturated rings. The monoisotopic (exact) mass is 428 g/mol. The zero-order valence-electron chi connectivity index (χ0n) is 16.1. The van der Waals surface area contributed by atoms with Crippen molar-refractivity contribution in [3.63, 3.8) is 0 Å². The highest BCUT2D eigenvalue weighted by Gasteiger charge is 2.19. The fraction of sp³-hybridized carbons (Fsp3) is 0.136. The molecule has 0 spiro atoms. The summed E-state index contributed by atoms with van der Waals surface area (Å²) in [6.45, 7) is 3.82. The Balaban J connectivity index is 1.77. The molecule has 29 heavy (non-hydrogen) atoms. The number of nitrogens with one attached hydrogen (secondary N) is 2. The van der Waals surface area contributed by atoms with E-state index in [4.69, 9.17) is 11.6 Å². The number of carbonyl (C=O) groups is 1. The number of hydrogen-bond donors (Lipinski definition) is 2. The molecule has 0 heterocycles. The molecule has 0 aliphatic rings. The topological polar surface area (TPSA) is 75.3 Å². The molecule has 0 aliphatic heterocycles. The van der Waals surface area contributed by atoms with Crippen molar-refractivity contribution in [1.29, 1.82) is 0 Å². The number of sulfonamides is 1. The molecule has 1 amide bonds. The van der Waals surface area contributed by atoms with Crippen LogP contribution in [0.15, 0.2) is 71.6 Å². The van der Waals surface area contributed by atoms with E-state index in [9.17, 15) is 13.2 Å². The normalized spacial score (nSPS) is 11.1. The van der Waals surface area contributed by atoms with Crippen LogP contribution in [0.4, 0.5) is 5.69 Å². The molecule has 3 aromatic carbocycles. The third kappa shape index (κ3) is 5.16. The predicted octanol–water partition coefficient (Wildman–Crippen LogP) is 4.69. The molecule has 2 N–H and O–H groups in total. The number of rotatable bonds is 6. The van der Waals surface area contributed by atoms with Crippen LogP contribution in [0, 0.1) is 13.8 Å². The van der Waals surface area contributed by atoms with Crippen molar-refractivity contribution in [2.24, 2.45) is 0 Å². The van der Waals surface area contributed by atoms with Gasteiger partial charge in [0.15, 0.2) is 0 Å². The van der Waals surface area contributed by atoms with Gasteiger partial charge in [-0.2, -0.15) is 0 Å². The molecule has 150 valence electrons. The Kier molecular flexibility index (Phi) is 6.25. The van der Waals surface area contributed by atoms with E-state index in [-0.39, 0.29) is 10.8 Å². The van der Waals surface area contributed by atoms with Crippen molar-refractivity contribution >= 4 is 33.2 Å². The number of anilines is 1. The van der Waals surface area contributed by atoms with Gasteiger partial charge in [0.2, 0.25) is 0 Å². The maximum Gasteiger partial charge on any atom is 0.262 e. The number of benzene rings is 3. The summed E-state index contributed by atoms with van der Waals surface area (Å²) < 4.78 is 28.2. The first-order chi connectivity index (χ1) is 13.8. The SMILES string of the molecule is Cc1cc(S(=O)(=O)Nc2cccc(C(=O)NCc3ccccc3)c2)c(C)cc1Cl. The zero-order valence-corrected chi connectivity index (χ0v) is 17.6. The van der Waals surface area contributed by atoms with Crippen LogP contribution in [-0.2, 0) is 16.6 Å². The van der Waals surface area contributed by atoms with E-state index >= 15 is 0 Å². The fourth-order valence-corrected chi connectivity index (χ4v) is 4.44. The molecule has 0 atom stereocenters. The van der Waals surface area contributed by atoms with E-state index in [0.717, 1.165) is 5.56 Å². The van der Waals surface area contributed by atoms with Crippen molar-refractivity contribution in [3.05, 3.63) is 94.0 Å². The van der Waals surface area contributed by atoms with Gasteiger partial charge in [-0.05, 0) is 60.9 Å². The summed E-state index contributed by atoms with van der Waals surface area (Å²) in [4.78, 5) is 12.6. The van der Waals surface area contributed by atoms with Gasteiger partial charge in [0, 0.05) is 22.8 Å². The van der Waals surface area contributed by atoms with Gasteiger partial charge in [-0.1, -0.05) is 48.0 Å². The molecule has 0 aliphatic carbocycles. The molecule has 0 saturated carbocycles. The number of carbonyl (C=O) groups excluding carboxylic acids is 1. The Morgan fingerprint density at radius 1 is 0.931 bits per heavy atom. The summed E-state index contributed by atoms with van der Waals surface area (Å²) in [6, 6.07) is 19.1. The highest BCUT2D eigenvalue weighted by molar-refractivity contribution is 7.92. The van der Waals surface area contributed by atoms with E-state index in [1.54, 1.807) is 38.1 Å². The van der Waals surface area contributed by atoms with Crippen LogP contribution in [0.2, 0.25) is 5.02 Å². The smallest absolute Gasteiger partial charge is 0.262 e. The van der Waals surface area contributed by atoms with E-state index in [1.165, 1.54) is 12.1 Å². The quantitative estimate of drug-likeness (QED) is 0.598. The lowest BCUT2D eigenvalue weighted by Crippen LogP contribution is -2.23. The van der Waals surface area contributed by atoms with Gasteiger partial charge in [0.25, 0.3) is 15.9 Å². The average Bonchev–Trinajstić information content (AvgIpc) is 2.69. The minimum Gasteiger partial charge on any atom is -0.348 e. The molecular weight excluding hydrogens is 408 g/mol. The summed E-state index contributed by atoms with van der Waals surface area (Å²) in [7, 11) is -3.82. The van der Waals surface area contributed by atoms with Crippen LogP contribution >= 0.6 is 11.6 Å². The van der Waals surface area contributed by atoms with E-state index in [0.29, 0.717) is 33.9 Å². The first kappa shape index (κ1) is 20.9. The molecule has 0 saturated heterocycles. The average molecular weight is 429 g/mol. The summed E-state index contributed by atoms with van der Waals surface area (Å²) in [5.74, 6) is -0.284. The third-order valence-corrected chi connectivity index (χ3v) is 6.35. The van der Waals surface area contributed by atoms with Crippen molar-refractivity contribution in [2.75, 3.05) is 4.72 Å². The largest absolute Gasteiger partial charge is 0.348 e. The molecule has 3 rings (SSSR count). The summed E-state index contributed by atoms with van der Waals surface area (Å²) in [6.07, 6.45) is 0. The Hall–Kier alpha value is -2.83. The molecule has 0 unspecified atom stereocenters. The number of halogens is 1. The van der Waals surface area contributed by atoms with Gasteiger partial charge in [-0.15, -0.1) is 0 Å². The van der Waals surface area contributed by atoms with Crippen molar-refractivity contribution in [1.82, 2.24) is 5.32 Å². The van der Waals surface area contributed by atoms with Crippen LogP contribution < -0.4 is 10.0 Å². The summed E-state index contributed by atoms with van der Waals surface area (Å²) in [5, 5.41) is 3.34. The first-order valence-corrected chi connectivity index (χ1v) is 10.8. The van der Waals surface area contributed by atoms with Gasteiger partial charge >= 0.3 is 0 Å². The number of hydrogen-bond acceptors (Lipinski definition) is 3. The van der Waals surface area contributed by atoms with Gasteiger partial charge in [-0.25, -0.2) is 8.42 Å². The number of aryl methyl sites for hydroxylation is 2. The predicted molar refractivity (Wildman–Crippen MR) is 116 cm³/mol. The second-order valence-electron chi connectivity index (χ2n) is 6.72. The van der Waals surface area contributed by atoms with E-state index in [1.807, 2.05) is 30.3 Å². The molecule has 0 bridgehead atoms. The zero-order chi connectivity index (χ0) is 21.0. The standard InChI is InChI=1S/C22H21ClN2O3S/c1-15-12-21(16(2)11-20(15)23)29(27,28)25-19-10-6-9-18(13-19)22(26)24-14-17-7-4-3-5-8-17/h3-13,25H,14H2,1-2H3,(H,24,26). The highest BCUT2D eigenvalue weighted by Crippen LogP contribution is 2.25. The first-order valence-electron chi connectivity index (χ1n) is 8.98. The van der Waals surface area contributed by atoms with Gasteiger partial charge < -0.3 is 5.32 Å². The molecular formula is C22H21ClN2O3S. The maximum atomic E-state index is 12.8. The molecule has 3 aromatic rings.